The van der Waals surface area contributed by atoms with Gasteiger partial charge in [0.2, 0.25) is 0 Å². The fraction of sp³-hybridized carbons (Fsp3) is 0.478. The molecule has 2 heteroatoms. The average molecular weight is 337 g/mol. The van der Waals surface area contributed by atoms with Crippen molar-refractivity contribution in [2.24, 2.45) is 0 Å². The van der Waals surface area contributed by atoms with Crippen molar-refractivity contribution < 1.29 is 0 Å². The molecular weight excluding hydrogens is 304 g/mol. The third kappa shape index (κ3) is 4.64. The third-order valence-corrected chi connectivity index (χ3v) is 5.51. The Morgan fingerprint density at radius 3 is 2.76 bits per heavy atom. The first-order chi connectivity index (χ1) is 12.2. The van der Waals surface area contributed by atoms with E-state index >= 15 is 0 Å². The van der Waals surface area contributed by atoms with Gasteiger partial charge in [0.25, 0.3) is 0 Å². The number of anilines is 1. The predicted octanol–water partition coefficient (Wildman–Crippen LogP) is 5.13. The summed E-state index contributed by atoms with van der Waals surface area (Å²) in [6.07, 6.45) is 7.34. The molecule has 0 radical (unpaired) electrons. The molecule has 0 saturated heterocycles. The summed E-state index contributed by atoms with van der Waals surface area (Å²) in [6.45, 7) is 2.31. The van der Waals surface area contributed by atoms with E-state index in [0.29, 0.717) is 12.1 Å². The van der Waals surface area contributed by atoms with Crippen molar-refractivity contribution in [2.45, 2.75) is 57.5 Å². The van der Waals surface area contributed by atoms with E-state index in [2.05, 4.69) is 79.8 Å². The summed E-state index contributed by atoms with van der Waals surface area (Å²) in [5, 5.41) is 3.96. The maximum Gasteiger partial charge on any atom is 0.0363 e. The van der Waals surface area contributed by atoms with Crippen molar-refractivity contribution in [1.82, 2.24) is 5.32 Å². The van der Waals surface area contributed by atoms with Gasteiger partial charge in [-0.25, -0.2) is 0 Å². The van der Waals surface area contributed by atoms with Gasteiger partial charge in [0.15, 0.2) is 0 Å². The highest BCUT2D eigenvalue weighted by molar-refractivity contribution is 5.47. The van der Waals surface area contributed by atoms with Crippen LogP contribution in [-0.2, 0) is 12.8 Å². The minimum atomic E-state index is 0.531. The summed E-state index contributed by atoms with van der Waals surface area (Å²) >= 11 is 0. The number of aryl methyl sites for hydroxylation is 2. The quantitative estimate of drug-likeness (QED) is 0.754. The molecule has 0 heterocycles. The molecule has 2 unspecified atom stereocenters. The van der Waals surface area contributed by atoms with Gasteiger partial charge in [0, 0.05) is 31.9 Å². The average Bonchev–Trinajstić information content (AvgIpc) is 2.65. The van der Waals surface area contributed by atoms with Crippen molar-refractivity contribution in [3.05, 3.63) is 65.2 Å². The topological polar surface area (TPSA) is 15.3 Å². The van der Waals surface area contributed by atoms with Gasteiger partial charge in [-0.1, -0.05) is 43.3 Å². The van der Waals surface area contributed by atoms with Crippen molar-refractivity contribution in [1.29, 1.82) is 0 Å². The highest BCUT2D eigenvalue weighted by atomic mass is 15.1. The number of nitrogens with zero attached hydrogens (tertiary/aromatic N) is 1. The van der Waals surface area contributed by atoms with Gasteiger partial charge in [-0.2, -0.15) is 0 Å². The Morgan fingerprint density at radius 2 is 1.96 bits per heavy atom. The Balaban J connectivity index is 1.61. The van der Waals surface area contributed by atoms with Crippen LogP contribution in [0.25, 0.3) is 0 Å². The largest absolute Gasteiger partial charge is 0.378 e. The fourth-order valence-corrected chi connectivity index (χ4v) is 3.95. The van der Waals surface area contributed by atoms with Crippen LogP contribution in [-0.4, -0.2) is 20.1 Å². The van der Waals surface area contributed by atoms with Crippen molar-refractivity contribution in [3.63, 3.8) is 0 Å². The first-order valence-corrected chi connectivity index (χ1v) is 9.77. The summed E-state index contributed by atoms with van der Waals surface area (Å²) in [7, 11) is 4.21. The lowest BCUT2D eigenvalue weighted by molar-refractivity contribution is 0.372. The molecule has 2 aromatic rings. The van der Waals surface area contributed by atoms with E-state index in [1.165, 1.54) is 48.9 Å². The van der Waals surface area contributed by atoms with E-state index in [1.54, 1.807) is 5.56 Å². The summed E-state index contributed by atoms with van der Waals surface area (Å²) in [4.78, 5) is 2.18. The lowest BCUT2D eigenvalue weighted by Gasteiger charge is -2.30. The van der Waals surface area contributed by atoms with Crippen molar-refractivity contribution in [3.8, 4) is 0 Å². The molecule has 25 heavy (non-hydrogen) atoms. The molecule has 1 aliphatic carbocycles. The fourth-order valence-electron chi connectivity index (χ4n) is 3.95. The minimum Gasteiger partial charge on any atom is -0.378 e. The number of nitrogens with one attached hydrogen (secondary N) is 1. The van der Waals surface area contributed by atoms with Crippen LogP contribution in [0.15, 0.2) is 48.5 Å². The van der Waals surface area contributed by atoms with E-state index < -0.39 is 0 Å². The van der Waals surface area contributed by atoms with Crippen molar-refractivity contribution >= 4 is 5.69 Å². The number of benzene rings is 2. The van der Waals surface area contributed by atoms with Gasteiger partial charge in [-0.3, -0.25) is 0 Å². The van der Waals surface area contributed by atoms with Gasteiger partial charge in [0.1, 0.15) is 0 Å². The molecule has 0 aliphatic heterocycles. The second-order valence-electron chi connectivity index (χ2n) is 7.52. The molecular formula is C23H32N2. The normalized spacial score (nSPS) is 17.8. The second kappa shape index (κ2) is 8.53. The minimum absolute atomic E-state index is 0.531. The van der Waals surface area contributed by atoms with Crippen LogP contribution in [0.5, 0.6) is 0 Å². The summed E-state index contributed by atoms with van der Waals surface area (Å²) < 4.78 is 0. The van der Waals surface area contributed by atoms with Gasteiger partial charge in [0.05, 0.1) is 0 Å². The Morgan fingerprint density at radius 1 is 1.12 bits per heavy atom. The van der Waals surface area contributed by atoms with Gasteiger partial charge in [-0.05, 0) is 67.3 Å². The Bertz CT molecular complexity index is 677. The molecule has 2 nitrogen and oxygen atoms in total. The molecule has 1 N–H and O–H groups in total. The third-order valence-electron chi connectivity index (χ3n) is 5.51. The first kappa shape index (κ1) is 18.0. The van der Waals surface area contributed by atoms with E-state index in [-0.39, 0.29) is 0 Å². The van der Waals surface area contributed by atoms with Crippen LogP contribution in [0.4, 0.5) is 5.69 Å². The number of hydrogen-bond donors (Lipinski definition) is 1. The maximum atomic E-state index is 3.96. The van der Waals surface area contributed by atoms with E-state index in [9.17, 15) is 0 Å². The molecule has 1 aliphatic rings. The van der Waals surface area contributed by atoms with Gasteiger partial charge < -0.3 is 10.2 Å². The molecule has 0 amide bonds. The van der Waals surface area contributed by atoms with Crippen molar-refractivity contribution in [2.75, 3.05) is 19.0 Å². The summed E-state index contributed by atoms with van der Waals surface area (Å²) in [5.74, 6) is 0. The number of hydrogen-bond acceptors (Lipinski definition) is 2. The monoisotopic (exact) mass is 336 g/mol. The van der Waals surface area contributed by atoms with Crippen LogP contribution in [0.3, 0.4) is 0 Å². The lowest BCUT2D eigenvalue weighted by Crippen LogP contribution is -2.34. The van der Waals surface area contributed by atoms with Crippen LogP contribution in [0, 0.1) is 0 Å². The predicted molar refractivity (Wildman–Crippen MR) is 108 cm³/mol. The van der Waals surface area contributed by atoms with Gasteiger partial charge in [-0.15, -0.1) is 0 Å². The van der Waals surface area contributed by atoms with E-state index in [0.717, 1.165) is 6.42 Å². The Hall–Kier alpha value is -1.80. The zero-order valence-electron chi connectivity index (χ0n) is 16.0. The Labute approximate surface area is 153 Å². The summed E-state index contributed by atoms with van der Waals surface area (Å²) in [6, 6.07) is 19.0. The molecule has 0 bridgehead atoms. The lowest BCUT2D eigenvalue weighted by atomic mass is 9.87. The van der Waals surface area contributed by atoms with Crippen LogP contribution >= 0.6 is 0 Å². The molecule has 2 aromatic carbocycles. The van der Waals surface area contributed by atoms with E-state index in [4.69, 9.17) is 0 Å². The summed E-state index contributed by atoms with van der Waals surface area (Å²) in [5.41, 5.74) is 5.80. The smallest absolute Gasteiger partial charge is 0.0363 e. The Kier molecular flexibility index (Phi) is 6.14. The molecule has 0 spiro atoms. The van der Waals surface area contributed by atoms with Crippen LogP contribution < -0.4 is 10.2 Å². The standard InChI is InChI=1S/C23H32N2/c1-4-20(16-15-18-9-7-12-21(17-18)25(2)3)24-23-14-8-11-19-10-5-6-13-22(19)23/h5-7,9-10,12-13,17,20,23-24H,4,8,11,14-16H2,1-3H3. The molecule has 3 rings (SSSR count). The highest BCUT2D eigenvalue weighted by Crippen LogP contribution is 2.30. The number of rotatable bonds is 7. The number of fused-ring (bicyclic) bond motifs is 1. The maximum absolute atomic E-state index is 3.96. The molecule has 0 aromatic heterocycles. The molecule has 0 fully saturated rings. The first-order valence-electron chi connectivity index (χ1n) is 9.77. The zero-order chi connectivity index (χ0) is 17.6. The highest BCUT2D eigenvalue weighted by Gasteiger charge is 2.21. The van der Waals surface area contributed by atoms with Crippen LogP contribution in [0.2, 0.25) is 0 Å². The SMILES string of the molecule is CCC(CCc1cccc(N(C)C)c1)NC1CCCc2ccccc21. The van der Waals surface area contributed by atoms with Gasteiger partial charge >= 0.3 is 0 Å². The molecule has 0 saturated carbocycles. The van der Waals surface area contributed by atoms with E-state index in [1.807, 2.05) is 0 Å². The van der Waals surface area contributed by atoms with Crippen LogP contribution in [0.1, 0.15) is 55.3 Å². The zero-order valence-corrected chi connectivity index (χ0v) is 16.0. The molecule has 134 valence electrons. The molecule has 2 atom stereocenters. The second-order valence-corrected chi connectivity index (χ2v) is 7.52.